The molecule has 2 aromatic carbocycles. The minimum Gasteiger partial charge on any atom is -0.389 e. The molecule has 0 atom stereocenters. The van der Waals surface area contributed by atoms with E-state index >= 15 is 8.63 Å². The first-order valence-electron chi connectivity index (χ1n) is 7.69. The van der Waals surface area contributed by atoms with E-state index in [4.69, 9.17) is 0 Å². The quantitative estimate of drug-likeness (QED) is 0.583. The molecule has 0 spiro atoms. The maximum absolute atomic E-state index is 15.4. The summed E-state index contributed by atoms with van der Waals surface area (Å²) in [4.78, 5) is 13.3. The highest BCUT2D eigenvalue weighted by atomic mass is 19.2. The van der Waals surface area contributed by atoms with Crippen LogP contribution in [0.3, 0.4) is 0 Å². The molecule has 0 bridgehead atoms. The van der Waals surface area contributed by atoms with Crippen LogP contribution in [0.25, 0.3) is 22.7 Å². The smallest absolute Gasteiger partial charge is 0.389 e. The van der Waals surface area contributed by atoms with E-state index in [2.05, 4.69) is 0 Å². The number of carbonyl (C=O) groups excluding carboxylic acids is 1. The summed E-state index contributed by atoms with van der Waals surface area (Å²) < 4.78 is 31.8. The molecule has 2 aliphatic rings. The zero-order valence-corrected chi connectivity index (χ0v) is 12.5. The molecule has 0 aliphatic carbocycles. The standard InChI is InChI=1S/C18H11BF2N2O/c20-19(21)22-13(10-9-12-5-1-4-8-16(12)22)11-17-14-6-2-3-7-15(14)18(24)23(17)19/h1-11H. The summed E-state index contributed by atoms with van der Waals surface area (Å²) in [6.45, 7) is -4.27. The molecule has 1 aromatic heterocycles. The van der Waals surface area contributed by atoms with Crippen molar-refractivity contribution in [3.8, 4) is 0 Å². The third-order valence-corrected chi connectivity index (χ3v) is 4.73. The number of amides is 1. The summed E-state index contributed by atoms with van der Waals surface area (Å²) in [6.07, 6.45) is 1.66. The Bertz CT molecular complexity index is 1080. The number of para-hydroxylation sites is 1. The molecule has 24 heavy (non-hydrogen) atoms. The Morgan fingerprint density at radius 2 is 1.58 bits per heavy atom. The molecule has 0 N–H and O–H groups in total. The van der Waals surface area contributed by atoms with Crippen molar-refractivity contribution in [1.29, 1.82) is 0 Å². The lowest BCUT2D eigenvalue weighted by atomic mass is 9.87. The van der Waals surface area contributed by atoms with Gasteiger partial charge >= 0.3 is 6.97 Å². The number of nitrogens with zero attached hydrogens (tertiary/aromatic N) is 2. The lowest BCUT2D eigenvalue weighted by molar-refractivity contribution is -0.547. The Hall–Kier alpha value is -3.02. The van der Waals surface area contributed by atoms with Crippen molar-refractivity contribution in [2.75, 3.05) is 0 Å². The van der Waals surface area contributed by atoms with Gasteiger partial charge in [0.1, 0.15) is 0 Å². The predicted octanol–water partition coefficient (Wildman–Crippen LogP) is 3.32. The Kier molecular flexibility index (Phi) is 2.40. The number of fused-ring (bicyclic) bond motifs is 6. The number of hydrogen-bond donors (Lipinski definition) is 0. The molecule has 0 saturated carbocycles. The molecule has 0 fully saturated rings. The van der Waals surface area contributed by atoms with Gasteiger partial charge in [-0.25, -0.2) is 0 Å². The number of halogens is 2. The molecule has 0 unspecified atom stereocenters. The van der Waals surface area contributed by atoms with Crippen molar-refractivity contribution in [1.82, 2.24) is 4.81 Å². The molecule has 3 heterocycles. The van der Waals surface area contributed by atoms with E-state index in [0.29, 0.717) is 32.5 Å². The van der Waals surface area contributed by atoms with Gasteiger partial charge in [-0.15, -0.1) is 0 Å². The largest absolute Gasteiger partial charge is 0.740 e. The fourth-order valence-corrected chi connectivity index (χ4v) is 3.68. The molecule has 2 aliphatic heterocycles. The monoisotopic (exact) mass is 320 g/mol. The number of benzene rings is 2. The Morgan fingerprint density at radius 3 is 2.42 bits per heavy atom. The van der Waals surface area contributed by atoms with Crippen molar-refractivity contribution in [2.24, 2.45) is 0 Å². The van der Waals surface area contributed by atoms with Crippen LogP contribution in [0.2, 0.25) is 0 Å². The molecule has 6 heteroatoms. The van der Waals surface area contributed by atoms with Crippen molar-refractivity contribution in [3.63, 3.8) is 0 Å². The average molecular weight is 320 g/mol. The van der Waals surface area contributed by atoms with Gasteiger partial charge in [-0.05, 0) is 18.2 Å². The SMILES string of the molecule is O=C1c2ccccc2C2=Cc3ccc4ccccc4[n+]3[B-](F)(F)N12. The zero-order valence-electron chi connectivity index (χ0n) is 12.5. The van der Waals surface area contributed by atoms with Crippen molar-refractivity contribution in [3.05, 3.63) is 77.5 Å². The van der Waals surface area contributed by atoms with Gasteiger partial charge < -0.3 is 17.9 Å². The highest BCUT2D eigenvalue weighted by molar-refractivity contribution is 6.61. The highest BCUT2D eigenvalue weighted by Gasteiger charge is 2.58. The second-order valence-electron chi connectivity index (χ2n) is 6.03. The molecule has 0 radical (unpaired) electrons. The number of pyridine rings is 1. The van der Waals surface area contributed by atoms with Gasteiger partial charge in [-0.2, -0.15) is 0 Å². The fourth-order valence-electron chi connectivity index (χ4n) is 3.68. The third kappa shape index (κ3) is 1.50. The molecule has 3 aromatic rings. The molecule has 5 rings (SSSR count). The van der Waals surface area contributed by atoms with E-state index < -0.39 is 12.9 Å². The van der Waals surface area contributed by atoms with Crippen molar-refractivity contribution >= 4 is 35.6 Å². The maximum atomic E-state index is 15.4. The van der Waals surface area contributed by atoms with E-state index in [9.17, 15) is 4.79 Å². The Balaban J connectivity index is 1.88. The number of hydrogen-bond acceptors (Lipinski definition) is 1. The van der Waals surface area contributed by atoms with Crippen LogP contribution in [0, 0.1) is 0 Å². The van der Waals surface area contributed by atoms with E-state index in [1.165, 1.54) is 0 Å². The van der Waals surface area contributed by atoms with Gasteiger partial charge in [0, 0.05) is 40.4 Å². The third-order valence-electron chi connectivity index (χ3n) is 4.73. The average Bonchev–Trinajstić information content (AvgIpc) is 2.88. The first-order valence-corrected chi connectivity index (χ1v) is 7.69. The van der Waals surface area contributed by atoms with E-state index in [1.54, 1.807) is 60.7 Å². The van der Waals surface area contributed by atoms with Crippen LogP contribution < -0.4 is 4.48 Å². The van der Waals surface area contributed by atoms with Crippen molar-refractivity contribution in [2.45, 2.75) is 0 Å². The lowest BCUT2D eigenvalue weighted by Gasteiger charge is -2.35. The van der Waals surface area contributed by atoms with Crippen LogP contribution in [0.15, 0.2) is 60.7 Å². The van der Waals surface area contributed by atoms with Crippen LogP contribution in [0.4, 0.5) is 8.63 Å². The van der Waals surface area contributed by atoms with E-state index in [-0.39, 0.29) is 5.70 Å². The topological polar surface area (TPSA) is 24.2 Å². The summed E-state index contributed by atoms with van der Waals surface area (Å²) in [7, 11) is 0. The molecule has 1 amide bonds. The zero-order chi connectivity index (χ0) is 16.5. The number of carbonyl (C=O) groups is 1. The predicted molar refractivity (Wildman–Crippen MR) is 88.0 cm³/mol. The highest BCUT2D eigenvalue weighted by Crippen LogP contribution is 2.40. The van der Waals surface area contributed by atoms with Crippen LogP contribution in [0.5, 0.6) is 0 Å². The van der Waals surface area contributed by atoms with Gasteiger partial charge in [0.15, 0.2) is 11.2 Å². The van der Waals surface area contributed by atoms with Crippen LogP contribution in [0.1, 0.15) is 21.6 Å². The lowest BCUT2D eigenvalue weighted by Crippen LogP contribution is -2.71. The fraction of sp³-hybridized carbons (Fsp3) is 0. The van der Waals surface area contributed by atoms with E-state index in [0.717, 1.165) is 4.48 Å². The molecule has 116 valence electrons. The first kappa shape index (κ1) is 13.4. The van der Waals surface area contributed by atoms with Gasteiger partial charge in [-0.1, -0.05) is 30.3 Å². The second-order valence-corrected chi connectivity index (χ2v) is 6.03. The van der Waals surface area contributed by atoms with Crippen molar-refractivity contribution < 1.29 is 17.9 Å². The number of aromatic nitrogens is 1. The van der Waals surface area contributed by atoms with E-state index in [1.807, 2.05) is 6.07 Å². The minimum absolute atomic E-state index is 0.274. The maximum Gasteiger partial charge on any atom is 0.740 e. The van der Waals surface area contributed by atoms with Crippen LogP contribution in [-0.2, 0) is 0 Å². The molecule has 3 nitrogen and oxygen atoms in total. The van der Waals surface area contributed by atoms with Crippen LogP contribution in [-0.4, -0.2) is 17.7 Å². The van der Waals surface area contributed by atoms with Crippen LogP contribution >= 0.6 is 0 Å². The summed E-state index contributed by atoms with van der Waals surface area (Å²) in [5.41, 5.74) is 1.97. The minimum atomic E-state index is -4.27. The normalized spacial score (nSPS) is 17.3. The van der Waals surface area contributed by atoms with Gasteiger partial charge in [0.25, 0.3) is 0 Å². The van der Waals surface area contributed by atoms with Gasteiger partial charge in [0.2, 0.25) is 5.91 Å². The molecular formula is C18H11BF2N2O. The summed E-state index contributed by atoms with van der Waals surface area (Å²) in [5, 5.41) is 0.712. The molecule has 0 saturated heterocycles. The first-order chi connectivity index (χ1) is 11.6. The summed E-state index contributed by atoms with van der Waals surface area (Å²) in [5.74, 6) is -0.645. The van der Waals surface area contributed by atoms with Gasteiger partial charge in [-0.3, -0.25) is 4.79 Å². The second kappa shape index (κ2) is 4.29. The molecular weight excluding hydrogens is 309 g/mol. The van der Waals surface area contributed by atoms with Gasteiger partial charge in [0.05, 0.1) is 0 Å². The summed E-state index contributed by atoms with van der Waals surface area (Å²) in [6, 6.07) is 17.2. The Morgan fingerprint density at radius 1 is 0.875 bits per heavy atom. The Labute approximate surface area is 136 Å². The summed E-state index contributed by atoms with van der Waals surface area (Å²) >= 11 is 0. The number of rotatable bonds is 0.